The van der Waals surface area contributed by atoms with Crippen LogP contribution in [-0.2, 0) is 19.0 Å². The number of ether oxygens (including phenoxy) is 5. The van der Waals surface area contributed by atoms with Gasteiger partial charge in [-0.3, -0.25) is 4.79 Å². The highest BCUT2D eigenvalue weighted by molar-refractivity contribution is 5.82. The second-order valence-corrected chi connectivity index (χ2v) is 12.6. The minimum Gasteiger partial charge on any atom is -0.497 e. The predicted molar refractivity (Wildman–Crippen MR) is 142 cm³/mol. The van der Waals surface area contributed by atoms with E-state index in [2.05, 4.69) is 31.4 Å². The van der Waals surface area contributed by atoms with Crippen LogP contribution in [0.25, 0.3) is 0 Å². The highest BCUT2D eigenvalue weighted by Gasteiger charge is 2.69. The molecule has 9 nitrogen and oxygen atoms in total. The molecule has 1 aliphatic heterocycles. The molecule has 0 spiro atoms. The molecule has 0 radical (unpaired) electrons. The lowest BCUT2D eigenvalue weighted by molar-refractivity contribution is -0.187. The Labute approximate surface area is 226 Å². The Hall–Kier alpha value is -2.52. The first-order chi connectivity index (χ1) is 17.8. The van der Waals surface area contributed by atoms with E-state index in [1.807, 2.05) is 18.2 Å². The Balaban J connectivity index is 1.46. The largest absolute Gasteiger partial charge is 0.497 e. The van der Waals surface area contributed by atoms with Crippen LogP contribution in [0.5, 0.6) is 11.5 Å². The molecule has 2 aliphatic carbocycles. The highest BCUT2D eigenvalue weighted by atomic mass is 16.7. The van der Waals surface area contributed by atoms with Gasteiger partial charge >= 0.3 is 6.09 Å². The minimum absolute atomic E-state index is 0.130. The molecule has 1 aromatic rings. The van der Waals surface area contributed by atoms with E-state index in [-0.39, 0.29) is 35.9 Å². The van der Waals surface area contributed by atoms with Crippen LogP contribution in [0.1, 0.15) is 72.5 Å². The summed E-state index contributed by atoms with van der Waals surface area (Å²) < 4.78 is 29.4. The number of hydrogen-bond donors (Lipinski definition) is 2. The van der Waals surface area contributed by atoms with Crippen LogP contribution in [0, 0.1) is 22.7 Å². The molecular weight excluding hydrogens is 488 g/mol. The van der Waals surface area contributed by atoms with Crippen molar-refractivity contribution < 1.29 is 33.3 Å². The maximum Gasteiger partial charge on any atom is 0.408 e. The number of carbonyl (C=O) groups excluding carboxylic acids is 2. The number of carbonyl (C=O) groups is 2. The van der Waals surface area contributed by atoms with Gasteiger partial charge in [-0.25, -0.2) is 4.79 Å². The van der Waals surface area contributed by atoms with Gasteiger partial charge in [0.1, 0.15) is 23.2 Å². The number of rotatable bonds is 9. The van der Waals surface area contributed by atoms with Crippen LogP contribution in [0.15, 0.2) is 18.2 Å². The van der Waals surface area contributed by atoms with Crippen molar-refractivity contribution >= 4 is 12.0 Å². The summed E-state index contributed by atoms with van der Waals surface area (Å²) in [4.78, 5) is 24.6. The third-order valence-corrected chi connectivity index (χ3v) is 9.05. The van der Waals surface area contributed by atoms with Gasteiger partial charge in [-0.1, -0.05) is 20.8 Å². The fourth-order valence-corrected chi connectivity index (χ4v) is 6.81. The van der Waals surface area contributed by atoms with Crippen molar-refractivity contribution in [2.24, 2.45) is 22.7 Å². The quantitative estimate of drug-likeness (QED) is 0.479. The molecule has 212 valence electrons. The monoisotopic (exact) mass is 532 g/mol. The zero-order valence-electron chi connectivity index (χ0n) is 24.0. The van der Waals surface area contributed by atoms with Crippen LogP contribution < -0.4 is 20.1 Å². The standard InChI is InChI=1S/C29H44N2O7/c1-27(2,3)38-26(33)31-16-23(32)30-15-22(19-13-17(34-7)9-10-21(19)35-8)36-24-14-18-20-11-12-29(6,25(18)37-24)28(20,4)5/h9-10,13,18,20,22,24-25H,11-12,14-16H2,1-8H3,(H,30,32)(H,31,33)/t18-,20+,22-,24-,25-,29-/m0/s1. The summed E-state index contributed by atoms with van der Waals surface area (Å²) in [7, 11) is 3.20. The van der Waals surface area contributed by atoms with Crippen molar-refractivity contribution in [3.63, 3.8) is 0 Å². The number of alkyl carbamates (subject to hydrolysis) is 1. The van der Waals surface area contributed by atoms with Gasteiger partial charge in [0.2, 0.25) is 5.91 Å². The summed E-state index contributed by atoms with van der Waals surface area (Å²) in [5.41, 5.74) is 0.485. The van der Waals surface area contributed by atoms with Gasteiger partial charge in [-0.05, 0) is 74.5 Å². The highest BCUT2D eigenvalue weighted by Crippen LogP contribution is 2.71. The van der Waals surface area contributed by atoms with Crippen LogP contribution in [0.3, 0.4) is 0 Å². The van der Waals surface area contributed by atoms with Gasteiger partial charge in [0.25, 0.3) is 0 Å². The second kappa shape index (κ2) is 10.6. The second-order valence-electron chi connectivity index (χ2n) is 12.6. The van der Waals surface area contributed by atoms with Gasteiger partial charge in [0.15, 0.2) is 6.29 Å². The molecule has 0 aromatic heterocycles. The number of hydrogen-bond acceptors (Lipinski definition) is 7. The molecule has 1 aromatic carbocycles. The lowest BCUT2D eigenvalue weighted by Gasteiger charge is -2.39. The van der Waals surface area contributed by atoms with E-state index in [9.17, 15) is 9.59 Å². The minimum atomic E-state index is -0.646. The van der Waals surface area contributed by atoms with Gasteiger partial charge < -0.3 is 34.3 Å². The molecule has 1 heterocycles. The Kier molecular flexibility index (Phi) is 7.92. The molecule has 9 heteroatoms. The first-order valence-electron chi connectivity index (χ1n) is 13.6. The molecule has 2 saturated carbocycles. The third kappa shape index (κ3) is 5.45. The van der Waals surface area contributed by atoms with E-state index < -0.39 is 24.1 Å². The molecule has 1 saturated heterocycles. The first-order valence-corrected chi connectivity index (χ1v) is 13.6. The van der Waals surface area contributed by atoms with Crippen molar-refractivity contribution in [3.05, 3.63) is 23.8 Å². The van der Waals surface area contributed by atoms with Crippen LogP contribution in [0.2, 0.25) is 0 Å². The summed E-state index contributed by atoms with van der Waals surface area (Å²) in [6.45, 7) is 12.4. The predicted octanol–water partition coefficient (Wildman–Crippen LogP) is 4.59. The van der Waals surface area contributed by atoms with E-state index in [0.717, 1.165) is 12.0 Å². The summed E-state index contributed by atoms with van der Waals surface area (Å²) in [5, 5.41) is 5.37. The Morgan fingerprint density at radius 2 is 1.87 bits per heavy atom. The van der Waals surface area contributed by atoms with Gasteiger partial charge in [-0.15, -0.1) is 0 Å². The molecule has 2 bridgehead atoms. The fraction of sp³-hybridized carbons (Fsp3) is 0.724. The molecule has 0 unspecified atom stereocenters. The number of fused-ring (bicyclic) bond motifs is 5. The van der Waals surface area contributed by atoms with E-state index >= 15 is 0 Å². The fourth-order valence-electron chi connectivity index (χ4n) is 6.81. The topological polar surface area (TPSA) is 104 Å². The molecular formula is C29H44N2O7. The molecule has 2 N–H and O–H groups in total. The number of nitrogens with one attached hydrogen (secondary N) is 2. The lowest BCUT2D eigenvalue weighted by atomic mass is 9.70. The van der Waals surface area contributed by atoms with Crippen molar-refractivity contribution in [2.75, 3.05) is 27.3 Å². The summed E-state index contributed by atoms with van der Waals surface area (Å²) in [5.74, 6) is 2.01. The summed E-state index contributed by atoms with van der Waals surface area (Å²) in [6, 6.07) is 5.50. The Morgan fingerprint density at radius 1 is 1.13 bits per heavy atom. The molecule has 3 fully saturated rings. The summed E-state index contributed by atoms with van der Waals surface area (Å²) >= 11 is 0. The van der Waals surface area contributed by atoms with Crippen molar-refractivity contribution in [1.82, 2.24) is 10.6 Å². The van der Waals surface area contributed by atoms with Gasteiger partial charge in [0, 0.05) is 18.5 Å². The van der Waals surface area contributed by atoms with Crippen LogP contribution in [0.4, 0.5) is 4.79 Å². The number of amides is 2. The van der Waals surface area contributed by atoms with Crippen molar-refractivity contribution in [2.45, 2.75) is 84.9 Å². The van der Waals surface area contributed by atoms with Crippen molar-refractivity contribution in [1.29, 1.82) is 0 Å². The maximum absolute atomic E-state index is 12.6. The molecule has 3 aliphatic rings. The van der Waals surface area contributed by atoms with Crippen molar-refractivity contribution in [3.8, 4) is 11.5 Å². The Bertz CT molecular complexity index is 1040. The number of benzene rings is 1. The van der Waals surface area contributed by atoms with E-state index in [1.165, 1.54) is 12.8 Å². The van der Waals surface area contributed by atoms with Crippen LogP contribution in [-0.4, -0.2) is 57.3 Å². The zero-order chi connectivity index (χ0) is 27.9. The summed E-state index contributed by atoms with van der Waals surface area (Å²) in [6.07, 6.45) is 1.81. The average Bonchev–Trinajstić information content (AvgIpc) is 3.42. The maximum atomic E-state index is 12.6. The van der Waals surface area contributed by atoms with Gasteiger partial charge in [0.05, 0.1) is 26.9 Å². The number of methoxy groups -OCH3 is 2. The van der Waals surface area contributed by atoms with Crippen LogP contribution >= 0.6 is 0 Å². The normalized spacial score (nSPS) is 29.9. The first kappa shape index (κ1) is 28.5. The average molecular weight is 533 g/mol. The molecule has 38 heavy (non-hydrogen) atoms. The molecule has 6 atom stereocenters. The van der Waals surface area contributed by atoms with E-state index in [0.29, 0.717) is 23.3 Å². The Morgan fingerprint density at radius 3 is 2.50 bits per heavy atom. The molecule has 4 rings (SSSR count). The third-order valence-electron chi connectivity index (χ3n) is 9.05. The SMILES string of the molecule is COc1ccc(OC)c([C@H](CNC(=O)CNC(=O)OC(C)(C)C)O[C@@H]2C[C@H]3[C@H]4CC[C@@](C)([C@H]3O2)C4(C)C)c1. The zero-order valence-corrected chi connectivity index (χ0v) is 24.0. The smallest absolute Gasteiger partial charge is 0.408 e. The molecule has 2 amide bonds. The van der Waals surface area contributed by atoms with E-state index in [4.69, 9.17) is 23.7 Å². The van der Waals surface area contributed by atoms with Gasteiger partial charge in [-0.2, -0.15) is 0 Å². The van der Waals surface area contributed by atoms with E-state index in [1.54, 1.807) is 35.0 Å². The lowest BCUT2D eigenvalue weighted by Crippen LogP contribution is -2.41.